The van der Waals surface area contributed by atoms with Crippen LogP contribution >= 0.6 is 0 Å². The molecule has 5 heteroatoms. The molecule has 1 atom stereocenters. The van der Waals surface area contributed by atoms with Crippen molar-refractivity contribution < 1.29 is 14.3 Å². The molecule has 2 aliphatic heterocycles. The summed E-state index contributed by atoms with van der Waals surface area (Å²) in [5.41, 5.74) is 4.26. The van der Waals surface area contributed by atoms with Gasteiger partial charge in [-0.15, -0.1) is 0 Å². The van der Waals surface area contributed by atoms with Gasteiger partial charge in [-0.2, -0.15) is 0 Å². The van der Waals surface area contributed by atoms with E-state index in [0.717, 1.165) is 17.8 Å². The minimum absolute atomic E-state index is 0.00673. The fourth-order valence-electron chi connectivity index (χ4n) is 3.38. The number of hydrogen-bond donors (Lipinski definition) is 1. The summed E-state index contributed by atoms with van der Waals surface area (Å²) in [5, 5.41) is 3.02. The van der Waals surface area contributed by atoms with E-state index in [4.69, 9.17) is 9.47 Å². The van der Waals surface area contributed by atoms with Crippen LogP contribution in [0.5, 0.6) is 11.5 Å². The number of rotatable bonds is 2. The molecular formula is C19H20N2O3. The van der Waals surface area contributed by atoms with E-state index in [2.05, 4.69) is 35.3 Å². The molecule has 0 radical (unpaired) electrons. The first kappa shape index (κ1) is 15.0. The summed E-state index contributed by atoms with van der Waals surface area (Å²) in [6, 6.07) is 11.8. The number of anilines is 1. The Morgan fingerprint density at radius 3 is 2.88 bits per heavy atom. The highest BCUT2D eigenvalue weighted by atomic mass is 16.7. The number of likely N-dealkylation sites (N-methyl/N-ethyl adjacent to an activating group) is 1. The van der Waals surface area contributed by atoms with Crippen molar-refractivity contribution in [3.05, 3.63) is 53.1 Å². The van der Waals surface area contributed by atoms with Gasteiger partial charge in [0, 0.05) is 24.8 Å². The van der Waals surface area contributed by atoms with Crippen molar-refractivity contribution in [2.24, 2.45) is 0 Å². The minimum atomic E-state index is -0.177. The van der Waals surface area contributed by atoms with Crippen LogP contribution in [0.2, 0.25) is 0 Å². The van der Waals surface area contributed by atoms with E-state index in [0.29, 0.717) is 18.0 Å². The van der Waals surface area contributed by atoms with Crippen LogP contribution in [0.25, 0.3) is 0 Å². The lowest BCUT2D eigenvalue weighted by Gasteiger charge is -2.31. The number of hydrogen-bond acceptors (Lipinski definition) is 4. The number of nitrogens with zero attached hydrogens (tertiary/aromatic N) is 1. The van der Waals surface area contributed by atoms with Crippen LogP contribution in [0.15, 0.2) is 36.4 Å². The van der Waals surface area contributed by atoms with Gasteiger partial charge in [0.05, 0.1) is 5.92 Å². The number of nitrogens with one attached hydrogen (secondary N) is 1. The van der Waals surface area contributed by atoms with Crippen LogP contribution in [0, 0.1) is 6.92 Å². The van der Waals surface area contributed by atoms with Gasteiger partial charge in [0.25, 0.3) is 0 Å². The van der Waals surface area contributed by atoms with E-state index in [-0.39, 0.29) is 18.6 Å². The van der Waals surface area contributed by atoms with Gasteiger partial charge in [-0.25, -0.2) is 0 Å². The molecule has 5 nitrogen and oxygen atoms in total. The molecule has 0 fully saturated rings. The number of benzene rings is 2. The molecule has 0 bridgehead atoms. The summed E-state index contributed by atoms with van der Waals surface area (Å²) in [6.45, 7) is 3.88. The highest BCUT2D eigenvalue weighted by Crippen LogP contribution is 2.35. The Balaban J connectivity index is 1.59. The minimum Gasteiger partial charge on any atom is -0.454 e. The Morgan fingerprint density at radius 1 is 1.17 bits per heavy atom. The first-order valence-corrected chi connectivity index (χ1v) is 8.08. The molecule has 0 aromatic heterocycles. The van der Waals surface area contributed by atoms with Gasteiger partial charge in [-0.05, 0) is 37.2 Å². The Labute approximate surface area is 141 Å². The molecule has 2 aromatic rings. The van der Waals surface area contributed by atoms with Gasteiger partial charge in [0.1, 0.15) is 0 Å². The van der Waals surface area contributed by atoms with Crippen molar-refractivity contribution in [2.45, 2.75) is 19.4 Å². The van der Waals surface area contributed by atoms with Gasteiger partial charge >= 0.3 is 0 Å². The third-order valence-corrected chi connectivity index (χ3v) is 4.57. The maximum Gasteiger partial charge on any atom is 0.233 e. The Hall–Kier alpha value is -2.53. The maximum atomic E-state index is 12.9. The molecule has 1 amide bonds. The zero-order valence-electron chi connectivity index (χ0n) is 13.8. The lowest BCUT2D eigenvalue weighted by Crippen LogP contribution is -2.36. The lowest BCUT2D eigenvalue weighted by atomic mass is 9.88. The van der Waals surface area contributed by atoms with E-state index in [1.165, 1.54) is 11.1 Å². The van der Waals surface area contributed by atoms with Crippen LogP contribution in [-0.4, -0.2) is 31.2 Å². The number of amides is 1. The van der Waals surface area contributed by atoms with Gasteiger partial charge < -0.3 is 19.7 Å². The second-order valence-electron chi connectivity index (χ2n) is 6.51. The van der Waals surface area contributed by atoms with E-state index in [9.17, 15) is 4.79 Å². The number of aryl methyl sites for hydroxylation is 1. The van der Waals surface area contributed by atoms with Crippen molar-refractivity contribution >= 4 is 11.6 Å². The Bertz CT molecular complexity index is 803. The zero-order chi connectivity index (χ0) is 16.7. The molecule has 124 valence electrons. The smallest absolute Gasteiger partial charge is 0.233 e. The molecule has 1 N–H and O–H groups in total. The summed E-state index contributed by atoms with van der Waals surface area (Å²) >= 11 is 0. The zero-order valence-corrected chi connectivity index (χ0v) is 13.8. The molecule has 0 saturated carbocycles. The third kappa shape index (κ3) is 2.71. The van der Waals surface area contributed by atoms with Crippen LogP contribution in [-0.2, 0) is 11.3 Å². The molecule has 0 saturated heterocycles. The van der Waals surface area contributed by atoms with E-state index < -0.39 is 0 Å². The van der Waals surface area contributed by atoms with Crippen LogP contribution in [0.1, 0.15) is 22.6 Å². The summed E-state index contributed by atoms with van der Waals surface area (Å²) < 4.78 is 10.7. The molecule has 0 spiro atoms. The van der Waals surface area contributed by atoms with Crippen molar-refractivity contribution in [3.8, 4) is 11.5 Å². The van der Waals surface area contributed by atoms with Crippen molar-refractivity contribution in [1.29, 1.82) is 0 Å². The predicted octanol–water partition coefficient (Wildman–Crippen LogP) is 2.89. The summed E-state index contributed by atoms with van der Waals surface area (Å²) in [6.07, 6.45) is 0. The standard InChI is InChI=1S/C19H20N2O3/c1-12-3-4-13-9-21(2)10-16(15(13)7-12)19(22)20-14-5-6-17-18(8-14)24-11-23-17/h3-8,16H,9-11H2,1-2H3,(H,20,22). The van der Waals surface area contributed by atoms with Gasteiger partial charge in [-0.3, -0.25) is 4.79 Å². The maximum absolute atomic E-state index is 12.9. The second kappa shape index (κ2) is 5.83. The third-order valence-electron chi connectivity index (χ3n) is 4.57. The SMILES string of the molecule is Cc1ccc2c(c1)C(C(=O)Nc1ccc3c(c1)OCO3)CN(C)C2. The predicted molar refractivity (Wildman–Crippen MR) is 91.4 cm³/mol. The molecule has 0 aliphatic carbocycles. The molecule has 4 rings (SSSR count). The summed E-state index contributed by atoms with van der Waals surface area (Å²) in [5.74, 6) is 1.22. The van der Waals surface area contributed by atoms with Gasteiger partial charge in [0.2, 0.25) is 12.7 Å². The molecule has 2 aromatic carbocycles. The van der Waals surface area contributed by atoms with Crippen LogP contribution in [0.3, 0.4) is 0 Å². The topological polar surface area (TPSA) is 50.8 Å². The number of carbonyl (C=O) groups is 1. The van der Waals surface area contributed by atoms with Gasteiger partial charge in [0.15, 0.2) is 11.5 Å². The quantitative estimate of drug-likeness (QED) is 0.923. The molecule has 24 heavy (non-hydrogen) atoms. The largest absolute Gasteiger partial charge is 0.454 e. The average molecular weight is 324 g/mol. The molecule has 2 heterocycles. The van der Waals surface area contributed by atoms with Crippen molar-refractivity contribution in [2.75, 3.05) is 25.7 Å². The number of fused-ring (bicyclic) bond motifs is 2. The molecular weight excluding hydrogens is 304 g/mol. The average Bonchev–Trinajstić information content (AvgIpc) is 3.02. The number of carbonyl (C=O) groups excluding carboxylic acids is 1. The van der Waals surface area contributed by atoms with Crippen LogP contribution in [0.4, 0.5) is 5.69 Å². The number of ether oxygens (including phenoxy) is 2. The Kier molecular flexibility index (Phi) is 3.65. The van der Waals surface area contributed by atoms with Crippen molar-refractivity contribution in [3.63, 3.8) is 0 Å². The highest BCUT2D eigenvalue weighted by Gasteiger charge is 2.29. The highest BCUT2D eigenvalue weighted by molar-refractivity contribution is 5.96. The van der Waals surface area contributed by atoms with E-state index in [1.807, 2.05) is 25.2 Å². The fourth-order valence-corrected chi connectivity index (χ4v) is 3.38. The molecule has 2 aliphatic rings. The lowest BCUT2D eigenvalue weighted by molar-refractivity contribution is -0.118. The monoisotopic (exact) mass is 324 g/mol. The second-order valence-corrected chi connectivity index (χ2v) is 6.51. The van der Waals surface area contributed by atoms with Gasteiger partial charge in [-0.1, -0.05) is 23.8 Å². The summed E-state index contributed by atoms with van der Waals surface area (Å²) in [7, 11) is 2.05. The van der Waals surface area contributed by atoms with E-state index >= 15 is 0 Å². The van der Waals surface area contributed by atoms with Crippen LogP contribution < -0.4 is 14.8 Å². The summed E-state index contributed by atoms with van der Waals surface area (Å²) in [4.78, 5) is 15.1. The fraction of sp³-hybridized carbons (Fsp3) is 0.316. The normalized spacial score (nSPS) is 19.0. The van der Waals surface area contributed by atoms with Crippen molar-refractivity contribution in [1.82, 2.24) is 4.90 Å². The first-order valence-electron chi connectivity index (χ1n) is 8.08. The van der Waals surface area contributed by atoms with E-state index in [1.54, 1.807) is 0 Å². The molecule has 1 unspecified atom stereocenters. The Morgan fingerprint density at radius 2 is 2.00 bits per heavy atom. The first-order chi connectivity index (χ1) is 11.6.